The Labute approximate surface area is 157 Å². The Bertz CT molecular complexity index is 651. The number of hydrogen-bond donors (Lipinski definition) is 2. The molecule has 26 heavy (non-hydrogen) atoms. The molecule has 0 fully saturated rings. The van der Waals surface area contributed by atoms with Crippen molar-refractivity contribution in [3.8, 4) is 0 Å². The van der Waals surface area contributed by atoms with Crippen LogP contribution in [0, 0.1) is 0 Å². The topological polar surface area (TPSA) is 102 Å². The minimum absolute atomic E-state index is 0.180. The van der Waals surface area contributed by atoms with E-state index >= 15 is 0 Å². The first-order valence-corrected chi connectivity index (χ1v) is 8.21. The summed E-state index contributed by atoms with van der Waals surface area (Å²) in [6, 6.07) is 5.12. The zero-order chi connectivity index (χ0) is 19.5. The molecule has 1 atom stereocenters. The fraction of sp³-hybridized carbons (Fsp3) is 0.278. The highest BCUT2D eigenvalue weighted by molar-refractivity contribution is 6.30. The van der Waals surface area contributed by atoms with Crippen molar-refractivity contribution in [2.45, 2.75) is 12.5 Å². The van der Waals surface area contributed by atoms with E-state index in [0.29, 0.717) is 23.7 Å². The van der Waals surface area contributed by atoms with Gasteiger partial charge < -0.3 is 20.7 Å². The molecule has 140 valence electrons. The van der Waals surface area contributed by atoms with Crippen LogP contribution in [0.5, 0.6) is 0 Å². The van der Waals surface area contributed by atoms with Crippen LogP contribution in [0.15, 0.2) is 49.6 Å². The van der Waals surface area contributed by atoms with Gasteiger partial charge in [-0.25, -0.2) is 4.79 Å². The lowest BCUT2D eigenvalue weighted by Gasteiger charge is -2.20. The Morgan fingerprint density at radius 3 is 2.27 bits per heavy atom. The maximum atomic E-state index is 12.1. The van der Waals surface area contributed by atoms with E-state index in [4.69, 9.17) is 22.1 Å². The zero-order valence-corrected chi connectivity index (χ0v) is 15.1. The maximum Gasteiger partial charge on any atom is 0.312 e. The van der Waals surface area contributed by atoms with Crippen molar-refractivity contribution in [3.63, 3.8) is 0 Å². The molecular formula is C18H22ClN3O4. The van der Waals surface area contributed by atoms with Crippen molar-refractivity contribution in [1.29, 1.82) is 0 Å². The number of nitrogens with one attached hydrogen (secondary N) is 1. The third-order valence-electron chi connectivity index (χ3n) is 3.37. The molecule has 1 aromatic carbocycles. The molecule has 7 nitrogen and oxygen atoms in total. The van der Waals surface area contributed by atoms with Crippen LogP contribution in [0.25, 0.3) is 0 Å². The van der Waals surface area contributed by atoms with Gasteiger partial charge in [-0.3, -0.25) is 9.59 Å². The number of nitrogens with two attached hydrogens (primary N) is 1. The van der Waals surface area contributed by atoms with Gasteiger partial charge in [-0.1, -0.05) is 35.9 Å². The summed E-state index contributed by atoms with van der Waals surface area (Å²) in [5.41, 5.74) is 5.79. The summed E-state index contributed by atoms with van der Waals surface area (Å²) in [5, 5.41) is 2.99. The predicted molar refractivity (Wildman–Crippen MR) is 99.5 cm³/mol. The second-order valence-corrected chi connectivity index (χ2v) is 5.79. The molecule has 0 aromatic heterocycles. The first kappa shape index (κ1) is 21.2. The summed E-state index contributed by atoms with van der Waals surface area (Å²) >= 11 is 5.83. The van der Waals surface area contributed by atoms with Crippen LogP contribution in [-0.4, -0.2) is 42.5 Å². The molecule has 8 heteroatoms. The molecule has 1 aromatic rings. The lowest BCUT2D eigenvalue weighted by atomic mass is 10.0. The molecule has 0 bridgehead atoms. The van der Waals surface area contributed by atoms with Crippen LogP contribution < -0.4 is 11.1 Å². The molecule has 1 unspecified atom stereocenters. The number of amides is 3. The van der Waals surface area contributed by atoms with Gasteiger partial charge in [0.1, 0.15) is 0 Å². The predicted octanol–water partition coefficient (Wildman–Crippen LogP) is 2.18. The van der Waals surface area contributed by atoms with Crippen molar-refractivity contribution in [3.05, 3.63) is 60.2 Å². The Hall–Kier alpha value is -2.80. The van der Waals surface area contributed by atoms with Crippen molar-refractivity contribution in [2.24, 2.45) is 5.73 Å². The molecule has 0 aliphatic carbocycles. The van der Waals surface area contributed by atoms with Crippen molar-refractivity contribution >= 4 is 29.5 Å². The minimum Gasteiger partial charge on any atom is -0.455 e. The maximum absolute atomic E-state index is 12.1. The summed E-state index contributed by atoms with van der Waals surface area (Å²) in [5.74, 6) is -1.02. The summed E-state index contributed by atoms with van der Waals surface area (Å²) in [4.78, 5) is 36.7. The molecule has 0 radical (unpaired) electrons. The van der Waals surface area contributed by atoms with Gasteiger partial charge in [0.15, 0.2) is 6.61 Å². The third-order valence-corrected chi connectivity index (χ3v) is 3.62. The number of ether oxygens (including phenoxy) is 1. The number of halogens is 1. The van der Waals surface area contributed by atoms with Gasteiger partial charge in [0.05, 0.1) is 12.5 Å². The third kappa shape index (κ3) is 7.40. The smallest absolute Gasteiger partial charge is 0.312 e. The van der Waals surface area contributed by atoms with Crippen molar-refractivity contribution in [2.75, 3.05) is 19.7 Å². The number of rotatable bonds is 10. The second kappa shape index (κ2) is 10.9. The van der Waals surface area contributed by atoms with Crippen LogP contribution in [0.1, 0.15) is 18.0 Å². The van der Waals surface area contributed by atoms with Gasteiger partial charge in [-0.2, -0.15) is 0 Å². The van der Waals surface area contributed by atoms with Gasteiger partial charge in [0.2, 0.25) is 0 Å². The fourth-order valence-corrected chi connectivity index (χ4v) is 2.29. The molecule has 3 N–H and O–H groups in total. The largest absolute Gasteiger partial charge is 0.455 e. The number of primary amides is 1. The summed E-state index contributed by atoms with van der Waals surface area (Å²) in [6.45, 7) is 7.36. The number of hydrogen-bond acceptors (Lipinski definition) is 4. The van der Waals surface area contributed by atoms with E-state index in [-0.39, 0.29) is 12.3 Å². The lowest BCUT2D eigenvalue weighted by molar-refractivity contribution is -0.152. The highest BCUT2D eigenvalue weighted by Crippen LogP contribution is 2.20. The van der Waals surface area contributed by atoms with Crippen LogP contribution in [0.3, 0.4) is 0 Å². The Morgan fingerprint density at radius 2 is 1.77 bits per heavy atom. The van der Waals surface area contributed by atoms with Crippen LogP contribution in [-0.2, 0) is 14.3 Å². The number of nitrogens with zero attached hydrogens (tertiary/aromatic N) is 1. The average molecular weight is 380 g/mol. The van der Waals surface area contributed by atoms with Gasteiger partial charge in [0, 0.05) is 18.1 Å². The van der Waals surface area contributed by atoms with Gasteiger partial charge in [-0.15, -0.1) is 13.2 Å². The molecule has 0 aliphatic rings. The van der Waals surface area contributed by atoms with Crippen molar-refractivity contribution in [1.82, 2.24) is 10.2 Å². The molecule has 3 amide bonds. The van der Waals surface area contributed by atoms with E-state index in [1.54, 1.807) is 36.4 Å². The SMILES string of the molecule is C=CCN(CC=C)C(=O)COC(=O)CC(NC(N)=O)c1ccc(Cl)cc1. The summed E-state index contributed by atoms with van der Waals surface area (Å²) in [6.07, 6.45) is 2.95. The minimum atomic E-state index is -0.781. The van der Waals surface area contributed by atoms with Gasteiger partial charge in [-0.05, 0) is 17.7 Å². The van der Waals surface area contributed by atoms with Gasteiger partial charge in [0.25, 0.3) is 5.91 Å². The number of urea groups is 1. The standard InChI is InChI=1S/C18H22ClN3O4/c1-3-9-22(10-4-2)16(23)12-26-17(24)11-15(21-18(20)25)13-5-7-14(19)8-6-13/h3-8,15H,1-2,9-12H2,(H3,20,21,25). The van der Waals surface area contributed by atoms with E-state index in [0.717, 1.165) is 0 Å². The first-order valence-electron chi connectivity index (χ1n) is 7.84. The zero-order valence-electron chi connectivity index (χ0n) is 14.3. The Balaban J connectivity index is 2.67. The quantitative estimate of drug-likeness (QED) is 0.480. The Morgan fingerprint density at radius 1 is 1.19 bits per heavy atom. The van der Waals surface area contributed by atoms with Crippen LogP contribution in [0.4, 0.5) is 4.79 Å². The molecule has 0 saturated heterocycles. The summed E-state index contributed by atoms with van der Waals surface area (Å²) < 4.78 is 5.02. The normalized spacial score (nSPS) is 11.1. The monoisotopic (exact) mass is 379 g/mol. The van der Waals surface area contributed by atoms with E-state index in [1.165, 1.54) is 4.90 Å². The van der Waals surface area contributed by atoms with Crippen LogP contribution >= 0.6 is 11.6 Å². The molecule has 0 heterocycles. The fourth-order valence-electron chi connectivity index (χ4n) is 2.17. The highest BCUT2D eigenvalue weighted by atomic mass is 35.5. The highest BCUT2D eigenvalue weighted by Gasteiger charge is 2.20. The average Bonchev–Trinajstić information content (AvgIpc) is 2.59. The molecule has 1 rings (SSSR count). The Kier molecular flexibility index (Phi) is 8.94. The van der Waals surface area contributed by atoms with Crippen molar-refractivity contribution < 1.29 is 19.1 Å². The number of benzene rings is 1. The second-order valence-electron chi connectivity index (χ2n) is 5.35. The van der Waals surface area contributed by atoms with E-state index in [1.807, 2.05) is 0 Å². The molecular weight excluding hydrogens is 358 g/mol. The van der Waals surface area contributed by atoms with Gasteiger partial charge >= 0.3 is 12.0 Å². The van der Waals surface area contributed by atoms with E-state index in [9.17, 15) is 14.4 Å². The summed E-state index contributed by atoms with van der Waals surface area (Å²) in [7, 11) is 0. The number of esters is 1. The lowest BCUT2D eigenvalue weighted by Crippen LogP contribution is -2.36. The molecule has 0 saturated carbocycles. The first-order chi connectivity index (χ1) is 12.4. The number of carbonyl (C=O) groups excluding carboxylic acids is 3. The molecule has 0 spiro atoms. The number of carbonyl (C=O) groups is 3. The van der Waals surface area contributed by atoms with E-state index in [2.05, 4.69) is 18.5 Å². The van der Waals surface area contributed by atoms with E-state index < -0.39 is 24.6 Å². The van der Waals surface area contributed by atoms with Crippen LogP contribution in [0.2, 0.25) is 5.02 Å². The molecule has 0 aliphatic heterocycles.